The number of carbonyl (C=O) groups excluding carboxylic acids is 2. The monoisotopic (exact) mass is 316 g/mol. The Morgan fingerprint density at radius 2 is 2.09 bits per heavy atom. The zero-order chi connectivity index (χ0) is 16.3. The van der Waals surface area contributed by atoms with E-state index in [9.17, 15) is 9.59 Å². The lowest BCUT2D eigenvalue weighted by atomic mass is 9.72. The average molecular weight is 316 g/mol. The van der Waals surface area contributed by atoms with Crippen LogP contribution in [-0.2, 0) is 9.59 Å². The molecule has 0 aromatic rings. The highest BCUT2D eigenvalue weighted by molar-refractivity contribution is 5.79. The molecule has 0 saturated carbocycles. The first-order chi connectivity index (χ1) is 11.1. The predicted molar refractivity (Wildman–Crippen MR) is 90.7 cm³/mol. The van der Waals surface area contributed by atoms with Gasteiger partial charge < -0.3 is 9.80 Å². The van der Waals surface area contributed by atoms with Crippen molar-refractivity contribution in [1.82, 2.24) is 9.80 Å². The molecule has 23 heavy (non-hydrogen) atoms. The molecule has 0 N–H and O–H groups in total. The first kappa shape index (κ1) is 16.3. The molecule has 1 spiro atoms. The van der Waals surface area contributed by atoms with Gasteiger partial charge in [-0.3, -0.25) is 9.59 Å². The molecular weight excluding hydrogens is 288 g/mol. The Morgan fingerprint density at radius 3 is 2.74 bits per heavy atom. The van der Waals surface area contributed by atoms with Crippen molar-refractivity contribution in [2.75, 3.05) is 26.2 Å². The lowest BCUT2D eigenvalue weighted by Crippen LogP contribution is -2.53. The molecule has 2 amide bonds. The molecule has 1 unspecified atom stereocenters. The van der Waals surface area contributed by atoms with Gasteiger partial charge in [0.2, 0.25) is 11.8 Å². The van der Waals surface area contributed by atoms with E-state index in [1.165, 1.54) is 0 Å². The third-order valence-electron chi connectivity index (χ3n) is 5.85. The van der Waals surface area contributed by atoms with Gasteiger partial charge in [-0.05, 0) is 43.9 Å². The molecule has 2 saturated heterocycles. The second kappa shape index (κ2) is 6.90. The number of piperidine rings is 2. The first-order valence-corrected chi connectivity index (χ1v) is 8.96. The van der Waals surface area contributed by atoms with E-state index in [1.54, 1.807) is 0 Å². The third-order valence-corrected chi connectivity index (χ3v) is 5.85. The number of carbonyl (C=O) groups is 2. The molecule has 0 aromatic heterocycles. The molecular formula is C19H28N2O2. The van der Waals surface area contributed by atoms with Gasteiger partial charge in [-0.2, -0.15) is 0 Å². The fourth-order valence-corrected chi connectivity index (χ4v) is 4.31. The van der Waals surface area contributed by atoms with Crippen LogP contribution in [0, 0.1) is 11.3 Å². The maximum absolute atomic E-state index is 12.7. The van der Waals surface area contributed by atoms with E-state index in [4.69, 9.17) is 0 Å². The summed E-state index contributed by atoms with van der Waals surface area (Å²) < 4.78 is 0. The van der Waals surface area contributed by atoms with Crippen LogP contribution in [0.25, 0.3) is 0 Å². The van der Waals surface area contributed by atoms with Crippen molar-refractivity contribution in [3.8, 4) is 0 Å². The van der Waals surface area contributed by atoms with Crippen LogP contribution in [0.4, 0.5) is 0 Å². The van der Waals surface area contributed by atoms with Gasteiger partial charge in [-0.25, -0.2) is 0 Å². The Bertz CT molecular complexity index is 503. The van der Waals surface area contributed by atoms with Crippen molar-refractivity contribution in [3.05, 3.63) is 24.8 Å². The number of likely N-dealkylation sites (tertiary alicyclic amines) is 2. The van der Waals surface area contributed by atoms with E-state index in [0.29, 0.717) is 18.9 Å². The highest BCUT2D eigenvalue weighted by Gasteiger charge is 2.41. The minimum atomic E-state index is 0.194. The fraction of sp³-hybridized carbons (Fsp3) is 0.684. The second-order valence-corrected chi connectivity index (χ2v) is 7.37. The number of hydrogen-bond acceptors (Lipinski definition) is 2. The van der Waals surface area contributed by atoms with Gasteiger partial charge in [0.05, 0.1) is 0 Å². The SMILES string of the molecule is C=CCN1CC2(CCC1=O)CCN(C(=O)C1CC=CCC1)CC2. The smallest absolute Gasteiger partial charge is 0.226 e. The number of amides is 2. The van der Waals surface area contributed by atoms with E-state index in [2.05, 4.69) is 23.6 Å². The largest absolute Gasteiger partial charge is 0.342 e. The summed E-state index contributed by atoms with van der Waals surface area (Å²) in [5.74, 6) is 0.793. The van der Waals surface area contributed by atoms with Crippen LogP contribution in [0.5, 0.6) is 0 Å². The van der Waals surface area contributed by atoms with E-state index in [1.807, 2.05) is 11.0 Å². The fourth-order valence-electron chi connectivity index (χ4n) is 4.31. The van der Waals surface area contributed by atoms with E-state index >= 15 is 0 Å². The summed E-state index contributed by atoms with van der Waals surface area (Å²) in [7, 11) is 0. The Kier molecular flexibility index (Phi) is 4.88. The summed E-state index contributed by atoms with van der Waals surface area (Å²) >= 11 is 0. The minimum Gasteiger partial charge on any atom is -0.342 e. The van der Waals surface area contributed by atoms with Crippen LogP contribution in [0.3, 0.4) is 0 Å². The molecule has 0 aromatic carbocycles. The van der Waals surface area contributed by atoms with Crippen molar-refractivity contribution in [2.45, 2.75) is 44.9 Å². The Labute approximate surface area is 139 Å². The van der Waals surface area contributed by atoms with Gasteiger partial charge in [-0.15, -0.1) is 6.58 Å². The lowest BCUT2D eigenvalue weighted by molar-refractivity contribution is -0.143. The molecule has 2 heterocycles. The average Bonchev–Trinajstić information content (AvgIpc) is 2.59. The maximum atomic E-state index is 12.7. The molecule has 2 fully saturated rings. The molecule has 0 bridgehead atoms. The third kappa shape index (κ3) is 3.51. The zero-order valence-electron chi connectivity index (χ0n) is 14.0. The zero-order valence-corrected chi connectivity index (χ0v) is 14.0. The number of hydrogen-bond donors (Lipinski definition) is 0. The van der Waals surface area contributed by atoms with E-state index < -0.39 is 0 Å². The van der Waals surface area contributed by atoms with Gasteiger partial charge in [0, 0.05) is 38.5 Å². The van der Waals surface area contributed by atoms with E-state index in [0.717, 1.165) is 58.2 Å². The van der Waals surface area contributed by atoms with Crippen molar-refractivity contribution in [1.29, 1.82) is 0 Å². The molecule has 1 aliphatic carbocycles. The molecule has 0 radical (unpaired) electrons. The number of nitrogens with zero attached hydrogens (tertiary/aromatic N) is 2. The summed E-state index contributed by atoms with van der Waals surface area (Å²) in [5.41, 5.74) is 0.222. The normalized spacial score (nSPS) is 27.3. The Morgan fingerprint density at radius 1 is 1.30 bits per heavy atom. The standard InChI is InChI=1S/C19H28N2O2/c1-2-12-21-15-19(9-8-17(21)22)10-13-20(14-11-19)18(23)16-6-4-3-5-7-16/h2-4,16H,1,5-15H2. The predicted octanol–water partition coefficient (Wildman–Crippen LogP) is 2.76. The Balaban J connectivity index is 1.57. The highest BCUT2D eigenvalue weighted by Crippen LogP contribution is 2.40. The quantitative estimate of drug-likeness (QED) is 0.751. The van der Waals surface area contributed by atoms with Gasteiger partial charge in [0.15, 0.2) is 0 Å². The summed E-state index contributed by atoms with van der Waals surface area (Å²) in [5, 5.41) is 0. The first-order valence-electron chi connectivity index (χ1n) is 8.96. The maximum Gasteiger partial charge on any atom is 0.226 e. The molecule has 3 aliphatic rings. The molecule has 4 nitrogen and oxygen atoms in total. The van der Waals surface area contributed by atoms with Gasteiger partial charge in [0.25, 0.3) is 0 Å². The van der Waals surface area contributed by atoms with Gasteiger partial charge in [-0.1, -0.05) is 18.2 Å². The number of allylic oxidation sites excluding steroid dienone is 2. The van der Waals surface area contributed by atoms with Crippen LogP contribution in [0.15, 0.2) is 24.8 Å². The summed E-state index contributed by atoms with van der Waals surface area (Å²) in [6.07, 6.45) is 12.8. The molecule has 2 aliphatic heterocycles. The van der Waals surface area contributed by atoms with Crippen LogP contribution in [0.1, 0.15) is 44.9 Å². The topological polar surface area (TPSA) is 40.6 Å². The van der Waals surface area contributed by atoms with Crippen molar-refractivity contribution < 1.29 is 9.59 Å². The van der Waals surface area contributed by atoms with Crippen LogP contribution < -0.4 is 0 Å². The Hall–Kier alpha value is -1.58. The van der Waals surface area contributed by atoms with Crippen LogP contribution in [0.2, 0.25) is 0 Å². The summed E-state index contributed by atoms with van der Waals surface area (Å²) in [6.45, 7) is 6.96. The molecule has 4 heteroatoms. The summed E-state index contributed by atoms with van der Waals surface area (Å²) in [6, 6.07) is 0. The molecule has 1 atom stereocenters. The second-order valence-electron chi connectivity index (χ2n) is 7.37. The lowest BCUT2D eigenvalue weighted by Gasteiger charge is -2.47. The summed E-state index contributed by atoms with van der Waals surface area (Å²) in [4.78, 5) is 28.7. The van der Waals surface area contributed by atoms with Crippen LogP contribution >= 0.6 is 0 Å². The van der Waals surface area contributed by atoms with Crippen molar-refractivity contribution in [3.63, 3.8) is 0 Å². The molecule has 3 rings (SSSR count). The minimum absolute atomic E-state index is 0.194. The molecule has 126 valence electrons. The highest BCUT2D eigenvalue weighted by atomic mass is 16.2. The van der Waals surface area contributed by atoms with Gasteiger partial charge in [0.1, 0.15) is 0 Å². The van der Waals surface area contributed by atoms with Crippen molar-refractivity contribution in [2.24, 2.45) is 11.3 Å². The van der Waals surface area contributed by atoms with Crippen molar-refractivity contribution >= 4 is 11.8 Å². The van der Waals surface area contributed by atoms with Crippen LogP contribution in [-0.4, -0.2) is 47.8 Å². The number of rotatable bonds is 3. The van der Waals surface area contributed by atoms with Gasteiger partial charge >= 0.3 is 0 Å². The van der Waals surface area contributed by atoms with E-state index in [-0.39, 0.29) is 17.2 Å².